The van der Waals surface area contributed by atoms with E-state index < -0.39 is 4.92 Å². The number of nitro benzene ring substituents is 1. The van der Waals surface area contributed by atoms with Gasteiger partial charge in [-0.3, -0.25) is 14.9 Å². The zero-order valence-electron chi connectivity index (χ0n) is 13.1. The van der Waals surface area contributed by atoms with Crippen LogP contribution < -0.4 is 15.4 Å². The molecule has 0 saturated carbocycles. The second kappa shape index (κ2) is 7.65. The highest BCUT2D eigenvalue weighted by molar-refractivity contribution is 6.31. The fraction of sp³-hybridized carbons (Fsp3) is 0.188. The number of carbonyl (C=O) groups is 1. The van der Waals surface area contributed by atoms with Crippen LogP contribution in [-0.4, -0.2) is 24.5 Å². The van der Waals surface area contributed by atoms with E-state index in [-0.39, 0.29) is 23.8 Å². The molecule has 0 radical (unpaired) electrons. The topological polar surface area (TPSA) is 93.5 Å². The molecular weight excluding hydrogens is 334 g/mol. The van der Waals surface area contributed by atoms with Crippen molar-refractivity contribution in [2.75, 3.05) is 24.3 Å². The van der Waals surface area contributed by atoms with Crippen LogP contribution in [0.4, 0.5) is 17.1 Å². The number of ether oxygens (including phenoxy) is 1. The van der Waals surface area contributed by atoms with E-state index in [0.717, 1.165) is 11.3 Å². The minimum absolute atomic E-state index is 0.0208. The molecule has 126 valence electrons. The second-order valence-electron chi connectivity index (χ2n) is 4.96. The van der Waals surface area contributed by atoms with Crippen molar-refractivity contribution >= 4 is 34.6 Å². The van der Waals surface area contributed by atoms with Crippen LogP contribution in [0.15, 0.2) is 36.4 Å². The number of hydrogen-bond acceptors (Lipinski definition) is 5. The summed E-state index contributed by atoms with van der Waals surface area (Å²) in [5, 5.41) is 17.0. The summed E-state index contributed by atoms with van der Waals surface area (Å²) >= 11 is 6.02. The van der Waals surface area contributed by atoms with Gasteiger partial charge in [0.1, 0.15) is 5.75 Å². The Labute approximate surface area is 143 Å². The van der Waals surface area contributed by atoms with Gasteiger partial charge < -0.3 is 15.4 Å². The van der Waals surface area contributed by atoms with Gasteiger partial charge in [-0.2, -0.15) is 0 Å². The van der Waals surface area contributed by atoms with E-state index in [1.54, 1.807) is 12.1 Å². The molecule has 1 amide bonds. The summed E-state index contributed by atoms with van der Waals surface area (Å²) < 4.78 is 5.10. The van der Waals surface area contributed by atoms with E-state index in [4.69, 9.17) is 16.3 Å². The summed E-state index contributed by atoms with van der Waals surface area (Å²) in [5.41, 5.74) is 1.68. The van der Waals surface area contributed by atoms with E-state index in [1.165, 1.54) is 25.3 Å². The Bertz CT molecular complexity index is 780. The average molecular weight is 350 g/mol. The lowest BCUT2D eigenvalue weighted by Crippen LogP contribution is -2.22. The number of methoxy groups -OCH3 is 1. The highest BCUT2D eigenvalue weighted by Crippen LogP contribution is 2.29. The SMILES string of the molecule is COc1ccc([N+](=O)[O-])cc1NC(=O)CNc1cccc(Cl)c1C. The smallest absolute Gasteiger partial charge is 0.271 e. The summed E-state index contributed by atoms with van der Waals surface area (Å²) in [6, 6.07) is 9.34. The third kappa shape index (κ3) is 4.14. The predicted octanol–water partition coefficient (Wildman–Crippen LogP) is 3.62. The molecule has 2 rings (SSSR count). The summed E-state index contributed by atoms with van der Waals surface area (Å²) in [7, 11) is 1.42. The Kier molecular flexibility index (Phi) is 5.59. The van der Waals surface area contributed by atoms with Gasteiger partial charge in [0.2, 0.25) is 5.91 Å². The first-order valence-electron chi connectivity index (χ1n) is 7.03. The van der Waals surface area contributed by atoms with Crippen molar-refractivity contribution in [2.45, 2.75) is 6.92 Å². The minimum atomic E-state index is -0.539. The molecule has 2 aromatic carbocycles. The van der Waals surface area contributed by atoms with E-state index in [0.29, 0.717) is 10.8 Å². The first kappa shape index (κ1) is 17.6. The van der Waals surface area contributed by atoms with Crippen LogP contribution in [0.5, 0.6) is 5.75 Å². The zero-order valence-corrected chi connectivity index (χ0v) is 13.9. The molecule has 0 aliphatic carbocycles. The number of nitrogens with one attached hydrogen (secondary N) is 2. The molecule has 0 aliphatic rings. The van der Waals surface area contributed by atoms with Crippen molar-refractivity contribution in [3.8, 4) is 5.75 Å². The summed E-state index contributed by atoms with van der Waals surface area (Å²) in [4.78, 5) is 22.4. The molecule has 2 N–H and O–H groups in total. The van der Waals surface area contributed by atoms with Gasteiger partial charge in [-0.1, -0.05) is 17.7 Å². The molecule has 0 heterocycles. The number of carbonyl (C=O) groups excluding carboxylic acids is 1. The number of anilines is 2. The lowest BCUT2D eigenvalue weighted by atomic mass is 10.2. The third-order valence-electron chi connectivity index (χ3n) is 3.38. The Hall–Kier alpha value is -2.80. The van der Waals surface area contributed by atoms with Crippen LogP contribution in [-0.2, 0) is 4.79 Å². The van der Waals surface area contributed by atoms with Gasteiger partial charge >= 0.3 is 0 Å². The molecule has 0 unspecified atom stereocenters. The Morgan fingerprint density at radius 2 is 2.04 bits per heavy atom. The third-order valence-corrected chi connectivity index (χ3v) is 3.78. The Balaban J connectivity index is 2.08. The minimum Gasteiger partial charge on any atom is -0.495 e. The largest absolute Gasteiger partial charge is 0.495 e. The van der Waals surface area contributed by atoms with Gasteiger partial charge in [0.15, 0.2) is 0 Å². The number of non-ortho nitro benzene ring substituents is 1. The van der Waals surface area contributed by atoms with Crippen LogP contribution in [0.1, 0.15) is 5.56 Å². The lowest BCUT2D eigenvalue weighted by molar-refractivity contribution is -0.384. The second-order valence-corrected chi connectivity index (χ2v) is 5.36. The Morgan fingerprint density at radius 1 is 1.29 bits per heavy atom. The van der Waals surface area contributed by atoms with E-state index in [2.05, 4.69) is 10.6 Å². The van der Waals surface area contributed by atoms with E-state index in [9.17, 15) is 14.9 Å². The van der Waals surface area contributed by atoms with Gasteiger partial charge in [-0.15, -0.1) is 0 Å². The summed E-state index contributed by atoms with van der Waals surface area (Å²) in [5.74, 6) is -0.0268. The average Bonchev–Trinajstić information content (AvgIpc) is 2.56. The molecular formula is C16H16ClN3O4. The van der Waals surface area contributed by atoms with Crippen LogP contribution >= 0.6 is 11.6 Å². The molecule has 0 fully saturated rings. The Morgan fingerprint density at radius 3 is 2.71 bits per heavy atom. The highest BCUT2D eigenvalue weighted by atomic mass is 35.5. The van der Waals surface area contributed by atoms with Gasteiger partial charge in [-0.25, -0.2) is 0 Å². The van der Waals surface area contributed by atoms with Gasteiger partial charge in [0, 0.05) is 22.8 Å². The van der Waals surface area contributed by atoms with Crippen LogP contribution in [0, 0.1) is 17.0 Å². The van der Waals surface area contributed by atoms with Crippen molar-refractivity contribution in [1.29, 1.82) is 0 Å². The number of halogens is 1. The zero-order chi connectivity index (χ0) is 17.7. The van der Waals surface area contributed by atoms with E-state index >= 15 is 0 Å². The number of nitrogens with zero attached hydrogens (tertiary/aromatic N) is 1. The lowest BCUT2D eigenvalue weighted by Gasteiger charge is -2.12. The first-order chi connectivity index (χ1) is 11.4. The number of rotatable bonds is 6. The maximum absolute atomic E-state index is 12.1. The van der Waals surface area contributed by atoms with Gasteiger partial charge in [0.25, 0.3) is 5.69 Å². The van der Waals surface area contributed by atoms with Crippen molar-refractivity contribution in [3.63, 3.8) is 0 Å². The molecule has 0 spiro atoms. The first-order valence-corrected chi connectivity index (χ1v) is 7.41. The molecule has 0 atom stereocenters. The molecule has 0 aromatic heterocycles. The number of amides is 1. The van der Waals surface area contributed by atoms with Gasteiger partial charge in [0.05, 0.1) is 24.3 Å². The molecule has 8 heteroatoms. The van der Waals surface area contributed by atoms with Crippen molar-refractivity contribution in [1.82, 2.24) is 0 Å². The fourth-order valence-corrected chi connectivity index (χ4v) is 2.25. The van der Waals surface area contributed by atoms with Gasteiger partial charge in [-0.05, 0) is 30.7 Å². The quantitative estimate of drug-likeness (QED) is 0.613. The van der Waals surface area contributed by atoms with E-state index in [1.807, 2.05) is 13.0 Å². The van der Waals surface area contributed by atoms with Crippen LogP contribution in [0.3, 0.4) is 0 Å². The van der Waals surface area contributed by atoms with Crippen molar-refractivity contribution in [3.05, 3.63) is 57.1 Å². The molecule has 24 heavy (non-hydrogen) atoms. The number of hydrogen-bond donors (Lipinski definition) is 2. The maximum atomic E-state index is 12.1. The van der Waals surface area contributed by atoms with Crippen LogP contribution in [0.2, 0.25) is 5.02 Å². The monoisotopic (exact) mass is 349 g/mol. The summed E-state index contributed by atoms with van der Waals surface area (Å²) in [6.07, 6.45) is 0. The molecule has 0 saturated heterocycles. The predicted molar refractivity (Wildman–Crippen MR) is 93.0 cm³/mol. The van der Waals surface area contributed by atoms with Crippen LogP contribution in [0.25, 0.3) is 0 Å². The van der Waals surface area contributed by atoms with Crippen molar-refractivity contribution < 1.29 is 14.5 Å². The summed E-state index contributed by atoms with van der Waals surface area (Å²) in [6.45, 7) is 1.82. The number of benzene rings is 2. The van der Waals surface area contributed by atoms with Crippen molar-refractivity contribution in [2.24, 2.45) is 0 Å². The number of nitro groups is 1. The molecule has 7 nitrogen and oxygen atoms in total. The standard InChI is InChI=1S/C16H16ClN3O4/c1-10-12(17)4-3-5-13(10)18-9-16(21)19-14-8-11(20(22)23)6-7-15(14)24-2/h3-8,18H,9H2,1-2H3,(H,19,21). The maximum Gasteiger partial charge on any atom is 0.271 e. The highest BCUT2D eigenvalue weighted by Gasteiger charge is 2.14. The fourth-order valence-electron chi connectivity index (χ4n) is 2.08. The molecule has 0 aliphatic heterocycles. The molecule has 2 aromatic rings. The normalized spacial score (nSPS) is 10.1. The molecule has 0 bridgehead atoms.